The SMILES string of the molecule is Cc1ccc(C(O)c2cccc(OC3CC3)c2)cc1Cl. The van der Waals surface area contributed by atoms with Crippen molar-refractivity contribution in [2.75, 3.05) is 0 Å². The molecule has 1 unspecified atom stereocenters. The zero-order valence-corrected chi connectivity index (χ0v) is 12.1. The van der Waals surface area contributed by atoms with E-state index in [9.17, 15) is 5.11 Å². The van der Waals surface area contributed by atoms with E-state index in [1.54, 1.807) is 0 Å². The molecular formula is C17H17ClO2. The molecule has 104 valence electrons. The first kappa shape index (κ1) is 13.5. The summed E-state index contributed by atoms with van der Waals surface area (Å²) in [5, 5.41) is 11.1. The number of halogens is 1. The third kappa shape index (κ3) is 2.97. The molecule has 20 heavy (non-hydrogen) atoms. The molecule has 0 amide bonds. The van der Waals surface area contributed by atoms with Crippen molar-refractivity contribution in [2.24, 2.45) is 0 Å². The highest BCUT2D eigenvalue weighted by Gasteiger charge is 2.23. The van der Waals surface area contributed by atoms with Crippen molar-refractivity contribution in [2.45, 2.75) is 32.0 Å². The first-order valence-electron chi connectivity index (χ1n) is 6.84. The third-order valence-corrected chi connectivity index (χ3v) is 3.92. The molecule has 0 aromatic heterocycles. The summed E-state index contributed by atoms with van der Waals surface area (Å²) in [6.45, 7) is 1.95. The van der Waals surface area contributed by atoms with Gasteiger partial charge < -0.3 is 9.84 Å². The number of rotatable bonds is 4. The standard InChI is InChI=1S/C17H17ClO2/c1-11-5-6-13(10-16(11)18)17(19)12-3-2-4-15(9-12)20-14-7-8-14/h2-6,9-10,14,17,19H,7-8H2,1H3. The lowest BCUT2D eigenvalue weighted by Gasteiger charge is -2.14. The molecule has 1 aliphatic rings. The molecule has 0 aliphatic heterocycles. The third-order valence-electron chi connectivity index (χ3n) is 3.51. The molecule has 0 radical (unpaired) electrons. The van der Waals surface area contributed by atoms with Crippen LogP contribution in [0.2, 0.25) is 5.02 Å². The van der Waals surface area contributed by atoms with E-state index in [0.29, 0.717) is 11.1 Å². The molecule has 1 saturated carbocycles. The molecule has 1 atom stereocenters. The second kappa shape index (κ2) is 5.47. The maximum absolute atomic E-state index is 10.5. The summed E-state index contributed by atoms with van der Waals surface area (Å²) in [5.41, 5.74) is 2.63. The van der Waals surface area contributed by atoms with E-state index in [1.807, 2.05) is 49.4 Å². The van der Waals surface area contributed by atoms with Crippen LogP contribution in [0.4, 0.5) is 0 Å². The van der Waals surface area contributed by atoms with E-state index in [4.69, 9.17) is 16.3 Å². The van der Waals surface area contributed by atoms with Gasteiger partial charge in [-0.05, 0) is 54.7 Å². The zero-order valence-electron chi connectivity index (χ0n) is 11.3. The number of aryl methyl sites for hydroxylation is 1. The molecule has 0 bridgehead atoms. The first-order chi connectivity index (χ1) is 9.63. The Labute approximate surface area is 124 Å². The van der Waals surface area contributed by atoms with Crippen LogP contribution in [0.15, 0.2) is 42.5 Å². The molecule has 2 aromatic carbocycles. The van der Waals surface area contributed by atoms with Crippen LogP contribution in [-0.2, 0) is 0 Å². The van der Waals surface area contributed by atoms with Gasteiger partial charge in [0.25, 0.3) is 0 Å². The fraction of sp³-hybridized carbons (Fsp3) is 0.294. The molecule has 0 spiro atoms. The van der Waals surface area contributed by atoms with E-state index in [0.717, 1.165) is 35.3 Å². The van der Waals surface area contributed by atoms with Gasteiger partial charge in [-0.15, -0.1) is 0 Å². The summed E-state index contributed by atoms with van der Waals surface area (Å²) >= 11 is 6.12. The van der Waals surface area contributed by atoms with Crippen molar-refractivity contribution >= 4 is 11.6 Å². The van der Waals surface area contributed by atoms with E-state index in [-0.39, 0.29) is 0 Å². The number of aliphatic hydroxyl groups is 1. The van der Waals surface area contributed by atoms with Crippen molar-refractivity contribution < 1.29 is 9.84 Å². The minimum absolute atomic E-state index is 0.358. The summed E-state index contributed by atoms with van der Waals surface area (Å²) in [6, 6.07) is 13.3. The van der Waals surface area contributed by atoms with Crippen molar-refractivity contribution in [3.05, 3.63) is 64.2 Å². The normalized spacial score (nSPS) is 15.9. The Bertz CT molecular complexity index is 620. The highest BCUT2D eigenvalue weighted by Crippen LogP contribution is 2.31. The highest BCUT2D eigenvalue weighted by molar-refractivity contribution is 6.31. The van der Waals surface area contributed by atoms with Gasteiger partial charge in [-0.1, -0.05) is 35.9 Å². The summed E-state index contributed by atoms with van der Waals surface area (Å²) in [4.78, 5) is 0. The number of hydrogen-bond donors (Lipinski definition) is 1. The Kier molecular flexibility index (Phi) is 3.68. The second-order valence-electron chi connectivity index (χ2n) is 5.30. The van der Waals surface area contributed by atoms with Crippen LogP contribution in [-0.4, -0.2) is 11.2 Å². The van der Waals surface area contributed by atoms with Gasteiger partial charge in [-0.3, -0.25) is 0 Å². The van der Waals surface area contributed by atoms with Crippen molar-refractivity contribution in [3.63, 3.8) is 0 Å². The molecule has 1 fully saturated rings. The van der Waals surface area contributed by atoms with Crippen LogP contribution < -0.4 is 4.74 Å². The van der Waals surface area contributed by atoms with E-state index in [1.165, 1.54) is 0 Å². The second-order valence-corrected chi connectivity index (χ2v) is 5.71. The van der Waals surface area contributed by atoms with Crippen LogP contribution in [0.1, 0.15) is 35.6 Å². The molecular weight excluding hydrogens is 272 g/mol. The minimum atomic E-state index is -0.684. The van der Waals surface area contributed by atoms with Crippen LogP contribution >= 0.6 is 11.6 Å². The predicted molar refractivity (Wildman–Crippen MR) is 80.3 cm³/mol. The quantitative estimate of drug-likeness (QED) is 0.910. The van der Waals surface area contributed by atoms with Gasteiger partial charge in [0, 0.05) is 5.02 Å². The van der Waals surface area contributed by atoms with Gasteiger partial charge in [-0.25, -0.2) is 0 Å². The Balaban J connectivity index is 1.84. The lowest BCUT2D eigenvalue weighted by atomic mass is 10.0. The summed E-state index contributed by atoms with van der Waals surface area (Å²) in [5.74, 6) is 0.822. The first-order valence-corrected chi connectivity index (χ1v) is 7.22. The molecule has 0 heterocycles. The fourth-order valence-electron chi connectivity index (χ4n) is 2.11. The minimum Gasteiger partial charge on any atom is -0.490 e. The van der Waals surface area contributed by atoms with Crippen molar-refractivity contribution in [1.82, 2.24) is 0 Å². The molecule has 1 N–H and O–H groups in total. The average molecular weight is 289 g/mol. The van der Waals surface area contributed by atoms with E-state index < -0.39 is 6.10 Å². The summed E-state index contributed by atoms with van der Waals surface area (Å²) < 4.78 is 5.76. The lowest BCUT2D eigenvalue weighted by molar-refractivity contribution is 0.219. The summed E-state index contributed by atoms with van der Waals surface area (Å²) in [7, 11) is 0. The van der Waals surface area contributed by atoms with Gasteiger partial charge in [0.1, 0.15) is 11.9 Å². The number of aliphatic hydroxyl groups excluding tert-OH is 1. The van der Waals surface area contributed by atoms with Crippen LogP contribution in [0, 0.1) is 6.92 Å². The van der Waals surface area contributed by atoms with Crippen molar-refractivity contribution in [3.8, 4) is 5.75 Å². The number of ether oxygens (including phenoxy) is 1. The predicted octanol–water partition coefficient (Wildman–Crippen LogP) is 4.27. The maximum Gasteiger partial charge on any atom is 0.120 e. The molecule has 3 rings (SSSR count). The Morgan fingerprint density at radius 2 is 1.90 bits per heavy atom. The topological polar surface area (TPSA) is 29.5 Å². The Morgan fingerprint density at radius 3 is 2.60 bits per heavy atom. The van der Waals surface area contributed by atoms with Gasteiger partial charge in [-0.2, -0.15) is 0 Å². The smallest absolute Gasteiger partial charge is 0.120 e. The average Bonchev–Trinajstić information content (AvgIpc) is 3.25. The molecule has 1 aliphatic carbocycles. The number of hydrogen-bond acceptors (Lipinski definition) is 2. The largest absolute Gasteiger partial charge is 0.490 e. The van der Waals surface area contributed by atoms with Crippen LogP contribution in [0.25, 0.3) is 0 Å². The van der Waals surface area contributed by atoms with Gasteiger partial charge in [0.05, 0.1) is 6.10 Å². The number of benzene rings is 2. The molecule has 0 saturated heterocycles. The molecule has 2 nitrogen and oxygen atoms in total. The van der Waals surface area contributed by atoms with E-state index in [2.05, 4.69) is 0 Å². The van der Waals surface area contributed by atoms with Gasteiger partial charge >= 0.3 is 0 Å². The van der Waals surface area contributed by atoms with Gasteiger partial charge in [0.15, 0.2) is 0 Å². The van der Waals surface area contributed by atoms with Crippen LogP contribution in [0.3, 0.4) is 0 Å². The monoisotopic (exact) mass is 288 g/mol. The van der Waals surface area contributed by atoms with Crippen molar-refractivity contribution in [1.29, 1.82) is 0 Å². The van der Waals surface area contributed by atoms with Crippen LogP contribution in [0.5, 0.6) is 5.75 Å². The lowest BCUT2D eigenvalue weighted by Crippen LogP contribution is -2.02. The molecule has 3 heteroatoms. The zero-order chi connectivity index (χ0) is 14.1. The Morgan fingerprint density at radius 1 is 1.15 bits per heavy atom. The highest BCUT2D eigenvalue weighted by atomic mass is 35.5. The summed E-state index contributed by atoms with van der Waals surface area (Å²) in [6.07, 6.45) is 1.92. The van der Waals surface area contributed by atoms with E-state index >= 15 is 0 Å². The maximum atomic E-state index is 10.5. The Hall–Kier alpha value is -1.51. The van der Waals surface area contributed by atoms with Gasteiger partial charge in [0.2, 0.25) is 0 Å². The fourth-order valence-corrected chi connectivity index (χ4v) is 2.30. The molecule has 2 aromatic rings.